The van der Waals surface area contributed by atoms with Crippen molar-refractivity contribution in [3.8, 4) is 0 Å². The molecule has 4 nitrogen and oxygen atoms in total. The maximum atomic E-state index is 13.1. The van der Waals surface area contributed by atoms with Crippen molar-refractivity contribution in [2.45, 2.75) is 32.6 Å². The second kappa shape index (κ2) is 7.98. The van der Waals surface area contributed by atoms with Gasteiger partial charge in [-0.1, -0.05) is 48.5 Å². The van der Waals surface area contributed by atoms with Gasteiger partial charge in [0.15, 0.2) is 0 Å². The fraction of sp³-hybridized carbons (Fsp3) is 0.217. The van der Waals surface area contributed by atoms with E-state index in [0.29, 0.717) is 17.0 Å². The second-order valence-electron chi connectivity index (χ2n) is 7.04. The lowest BCUT2D eigenvalue weighted by Crippen LogP contribution is -2.19. The van der Waals surface area contributed by atoms with Crippen LogP contribution in [0.25, 0.3) is 0 Å². The van der Waals surface area contributed by atoms with Crippen molar-refractivity contribution >= 4 is 33.8 Å². The fourth-order valence-electron chi connectivity index (χ4n) is 3.58. The van der Waals surface area contributed by atoms with Gasteiger partial charge in [0.05, 0.1) is 12.0 Å². The Hall–Kier alpha value is -2.92. The summed E-state index contributed by atoms with van der Waals surface area (Å²) >= 11 is 1.54. The molecule has 1 aliphatic rings. The number of para-hydroxylation sites is 1. The number of aryl methyl sites for hydroxylation is 2. The van der Waals surface area contributed by atoms with Gasteiger partial charge in [0, 0.05) is 10.6 Å². The smallest absolute Gasteiger partial charge is 0.258 e. The van der Waals surface area contributed by atoms with Gasteiger partial charge in [-0.15, -0.1) is 11.3 Å². The van der Waals surface area contributed by atoms with E-state index < -0.39 is 0 Å². The molecule has 3 aromatic rings. The minimum Gasteiger partial charge on any atom is -0.322 e. The van der Waals surface area contributed by atoms with E-state index in [1.807, 2.05) is 61.5 Å². The summed E-state index contributed by atoms with van der Waals surface area (Å²) in [6.45, 7) is 1.97. The summed E-state index contributed by atoms with van der Waals surface area (Å²) in [5.41, 5.74) is 4.48. The number of carbonyl (C=O) groups is 2. The summed E-state index contributed by atoms with van der Waals surface area (Å²) < 4.78 is 0. The zero-order chi connectivity index (χ0) is 19.5. The number of rotatable bonds is 5. The topological polar surface area (TPSA) is 58.2 Å². The van der Waals surface area contributed by atoms with Gasteiger partial charge in [0.2, 0.25) is 5.91 Å². The molecule has 2 aromatic carbocycles. The highest BCUT2D eigenvalue weighted by atomic mass is 32.1. The van der Waals surface area contributed by atoms with Crippen molar-refractivity contribution in [1.82, 2.24) is 0 Å². The molecule has 0 unspecified atom stereocenters. The van der Waals surface area contributed by atoms with Crippen LogP contribution in [0.3, 0.4) is 0 Å². The quantitative estimate of drug-likeness (QED) is 0.646. The minimum atomic E-state index is -0.149. The normalized spacial score (nSPS) is 12.5. The highest BCUT2D eigenvalue weighted by molar-refractivity contribution is 7.17. The largest absolute Gasteiger partial charge is 0.322 e. The minimum absolute atomic E-state index is 0.101. The van der Waals surface area contributed by atoms with E-state index in [-0.39, 0.29) is 11.8 Å². The highest BCUT2D eigenvalue weighted by Gasteiger charge is 2.27. The van der Waals surface area contributed by atoms with Gasteiger partial charge in [-0.05, 0) is 48.9 Å². The highest BCUT2D eigenvalue weighted by Crippen LogP contribution is 2.39. The molecule has 0 bridgehead atoms. The summed E-state index contributed by atoms with van der Waals surface area (Å²) in [6.07, 6.45) is 3.21. The lowest BCUT2D eigenvalue weighted by Gasteiger charge is -2.11. The third kappa shape index (κ3) is 3.85. The molecule has 4 rings (SSSR count). The Labute approximate surface area is 168 Å². The Morgan fingerprint density at radius 2 is 1.71 bits per heavy atom. The lowest BCUT2D eigenvalue weighted by atomic mass is 10.1. The number of benzene rings is 2. The Kier molecular flexibility index (Phi) is 5.26. The molecular weight excluding hydrogens is 368 g/mol. The summed E-state index contributed by atoms with van der Waals surface area (Å²) in [7, 11) is 0. The van der Waals surface area contributed by atoms with Gasteiger partial charge >= 0.3 is 0 Å². The van der Waals surface area contributed by atoms with Gasteiger partial charge in [0.25, 0.3) is 5.91 Å². The van der Waals surface area contributed by atoms with Crippen molar-refractivity contribution in [3.63, 3.8) is 0 Å². The average Bonchev–Trinajstić information content (AvgIpc) is 3.25. The van der Waals surface area contributed by atoms with E-state index in [1.54, 1.807) is 0 Å². The number of carbonyl (C=O) groups excluding carboxylic acids is 2. The van der Waals surface area contributed by atoms with E-state index in [9.17, 15) is 9.59 Å². The fourth-order valence-corrected chi connectivity index (χ4v) is 4.89. The van der Waals surface area contributed by atoms with Crippen molar-refractivity contribution in [2.75, 3.05) is 10.6 Å². The zero-order valence-corrected chi connectivity index (χ0v) is 16.6. The van der Waals surface area contributed by atoms with E-state index in [0.717, 1.165) is 41.6 Å². The molecule has 1 heterocycles. The van der Waals surface area contributed by atoms with Crippen LogP contribution < -0.4 is 10.6 Å². The molecule has 0 radical (unpaired) electrons. The molecule has 1 aliphatic carbocycles. The summed E-state index contributed by atoms with van der Waals surface area (Å²) in [5.74, 6) is -0.250. The van der Waals surface area contributed by atoms with Gasteiger partial charge < -0.3 is 10.6 Å². The number of amides is 2. The van der Waals surface area contributed by atoms with Crippen LogP contribution in [0.4, 0.5) is 10.7 Å². The maximum absolute atomic E-state index is 13.1. The molecule has 1 aromatic heterocycles. The molecule has 0 spiro atoms. The predicted molar refractivity (Wildman–Crippen MR) is 114 cm³/mol. The Balaban J connectivity index is 1.57. The molecule has 142 valence electrons. The van der Waals surface area contributed by atoms with E-state index in [2.05, 4.69) is 10.6 Å². The molecule has 28 heavy (non-hydrogen) atoms. The van der Waals surface area contributed by atoms with Crippen LogP contribution in [0.2, 0.25) is 0 Å². The third-order valence-corrected chi connectivity index (χ3v) is 6.21. The van der Waals surface area contributed by atoms with Crippen molar-refractivity contribution in [3.05, 3.63) is 81.7 Å². The van der Waals surface area contributed by atoms with Crippen molar-refractivity contribution in [2.24, 2.45) is 0 Å². The van der Waals surface area contributed by atoms with Gasteiger partial charge in [-0.25, -0.2) is 0 Å². The third-order valence-electron chi connectivity index (χ3n) is 5.00. The van der Waals surface area contributed by atoms with E-state index in [1.165, 1.54) is 16.2 Å². The first-order valence-corrected chi connectivity index (χ1v) is 10.3. The van der Waals surface area contributed by atoms with Gasteiger partial charge in [-0.2, -0.15) is 0 Å². The van der Waals surface area contributed by atoms with E-state index in [4.69, 9.17) is 0 Å². The van der Waals surface area contributed by atoms with Gasteiger partial charge in [-0.3, -0.25) is 9.59 Å². The number of hydrogen-bond acceptors (Lipinski definition) is 3. The number of anilines is 2. The van der Waals surface area contributed by atoms with Crippen LogP contribution in [0.5, 0.6) is 0 Å². The first-order chi connectivity index (χ1) is 13.6. The molecule has 0 atom stereocenters. The number of thiophene rings is 1. The molecule has 0 aliphatic heterocycles. The molecule has 0 fully saturated rings. The molecule has 2 amide bonds. The average molecular weight is 391 g/mol. The van der Waals surface area contributed by atoms with Crippen LogP contribution in [0.1, 0.15) is 38.3 Å². The molecule has 0 saturated heterocycles. The monoisotopic (exact) mass is 390 g/mol. The Bertz CT molecular complexity index is 1020. The van der Waals surface area contributed by atoms with Crippen LogP contribution in [0, 0.1) is 6.92 Å². The van der Waals surface area contributed by atoms with Crippen LogP contribution >= 0.6 is 11.3 Å². The van der Waals surface area contributed by atoms with Crippen LogP contribution in [-0.4, -0.2) is 11.8 Å². The molecular formula is C23H22N2O2S. The first-order valence-electron chi connectivity index (χ1n) is 9.47. The molecule has 5 heteroatoms. The summed E-state index contributed by atoms with van der Waals surface area (Å²) in [4.78, 5) is 26.9. The van der Waals surface area contributed by atoms with Crippen molar-refractivity contribution < 1.29 is 9.59 Å². The number of nitrogens with one attached hydrogen (secondary N) is 2. The Morgan fingerprint density at radius 3 is 2.50 bits per heavy atom. The van der Waals surface area contributed by atoms with Crippen molar-refractivity contribution in [1.29, 1.82) is 0 Å². The Morgan fingerprint density at radius 1 is 0.964 bits per heavy atom. The number of hydrogen-bond donors (Lipinski definition) is 2. The number of fused-ring (bicyclic) bond motifs is 1. The molecule has 2 N–H and O–H groups in total. The predicted octanol–water partition coefficient (Wildman–Crippen LogP) is 4.98. The SMILES string of the molecule is Cc1ccccc1NC(=O)c1c(NC(=O)Cc2ccccc2)sc2c1CCC2. The van der Waals surface area contributed by atoms with Gasteiger partial charge in [0.1, 0.15) is 5.00 Å². The second-order valence-corrected chi connectivity index (χ2v) is 8.15. The standard InChI is InChI=1S/C23H22N2O2S/c1-15-8-5-6-12-18(15)24-22(27)21-17-11-7-13-19(17)28-23(21)25-20(26)14-16-9-3-2-4-10-16/h2-6,8-10,12H,7,11,13-14H2,1H3,(H,24,27)(H,25,26). The van der Waals surface area contributed by atoms with Crippen LogP contribution in [0.15, 0.2) is 54.6 Å². The molecule has 0 saturated carbocycles. The van der Waals surface area contributed by atoms with E-state index >= 15 is 0 Å². The first kappa shape index (κ1) is 18.4. The maximum Gasteiger partial charge on any atom is 0.258 e. The summed E-state index contributed by atoms with van der Waals surface area (Å²) in [6, 6.07) is 17.3. The lowest BCUT2D eigenvalue weighted by molar-refractivity contribution is -0.115. The summed E-state index contributed by atoms with van der Waals surface area (Å²) in [5, 5.41) is 6.67. The zero-order valence-electron chi connectivity index (χ0n) is 15.7. The van der Waals surface area contributed by atoms with Crippen LogP contribution in [-0.2, 0) is 24.1 Å².